The molecular formula is C13H15FN2OS. The van der Waals surface area contributed by atoms with Crippen molar-refractivity contribution in [1.29, 1.82) is 0 Å². The first-order valence-corrected chi connectivity index (χ1v) is 6.49. The normalized spacial score (nSPS) is 10.7. The fourth-order valence-corrected chi connectivity index (χ4v) is 2.36. The highest BCUT2D eigenvalue weighted by Crippen LogP contribution is 2.20. The molecule has 0 bridgehead atoms. The van der Waals surface area contributed by atoms with Crippen LogP contribution in [0.5, 0.6) is 0 Å². The van der Waals surface area contributed by atoms with Gasteiger partial charge in [0.2, 0.25) is 0 Å². The van der Waals surface area contributed by atoms with Crippen LogP contribution < -0.4 is 4.90 Å². The molecule has 1 aromatic heterocycles. The van der Waals surface area contributed by atoms with E-state index in [1.54, 1.807) is 17.4 Å². The van der Waals surface area contributed by atoms with Gasteiger partial charge in [0.1, 0.15) is 5.82 Å². The fraction of sp³-hybridized carbons (Fsp3) is 0.308. The third-order valence-corrected chi connectivity index (χ3v) is 3.45. The van der Waals surface area contributed by atoms with Gasteiger partial charge in [-0.05, 0) is 30.7 Å². The first-order valence-electron chi connectivity index (χ1n) is 5.61. The van der Waals surface area contributed by atoms with Crippen molar-refractivity contribution in [3.05, 3.63) is 45.7 Å². The predicted molar refractivity (Wildman–Crippen MR) is 71.3 cm³/mol. The molecule has 1 heterocycles. The average Bonchev–Trinajstić information content (AvgIpc) is 2.73. The molecule has 3 nitrogen and oxygen atoms in total. The lowest BCUT2D eigenvalue weighted by Crippen LogP contribution is -2.17. The number of aliphatic hydroxyl groups excluding tert-OH is 1. The molecular weight excluding hydrogens is 251 g/mol. The van der Waals surface area contributed by atoms with Crippen molar-refractivity contribution in [3.63, 3.8) is 0 Å². The Balaban J connectivity index is 2.17. The third kappa shape index (κ3) is 3.05. The minimum absolute atomic E-state index is 0.158. The summed E-state index contributed by atoms with van der Waals surface area (Å²) in [5.41, 5.74) is 2.28. The quantitative estimate of drug-likeness (QED) is 0.924. The lowest BCUT2D eigenvalue weighted by atomic mass is 10.2. The van der Waals surface area contributed by atoms with Crippen molar-refractivity contribution in [2.75, 3.05) is 11.9 Å². The van der Waals surface area contributed by atoms with E-state index in [2.05, 4.69) is 4.98 Å². The summed E-state index contributed by atoms with van der Waals surface area (Å²) in [5, 5.41) is 12.1. The summed E-state index contributed by atoms with van der Waals surface area (Å²) < 4.78 is 13.4. The van der Waals surface area contributed by atoms with Crippen LogP contribution in [-0.2, 0) is 13.2 Å². The first kappa shape index (κ1) is 13.0. The van der Waals surface area contributed by atoms with Gasteiger partial charge in [-0.2, -0.15) is 0 Å². The molecule has 0 unspecified atom stereocenters. The topological polar surface area (TPSA) is 36.4 Å². The van der Waals surface area contributed by atoms with E-state index in [1.807, 2.05) is 24.3 Å². The molecule has 0 aliphatic rings. The Hall–Kier alpha value is -1.46. The molecule has 0 spiro atoms. The number of thiazole rings is 1. The van der Waals surface area contributed by atoms with Gasteiger partial charge < -0.3 is 10.0 Å². The number of aliphatic hydroxyl groups is 1. The summed E-state index contributed by atoms with van der Waals surface area (Å²) in [6, 6.07) is 4.57. The summed E-state index contributed by atoms with van der Waals surface area (Å²) in [6.07, 6.45) is 0. The fourth-order valence-electron chi connectivity index (χ4n) is 1.76. The highest BCUT2D eigenvalue weighted by atomic mass is 32.1. The maximum absolute atomic E-state index is 13.4. The first-order chi connectivity index (χ1) is 8.58. The second-order valence-electron chi connectivity index (χ2n) is 4.19. The van der Waals surface area contributed by atoms with Gasteiger partial charge in [0.25, 0.3) is 0 Å². The molecule has 0 saturated heterocycles. The van der Waals surface area contributed by atoms with E-state index >= 15 is 0 Å². The minimum Gasteiger partial charge on any atom is -0.392 e. The molecule has 0 aliphatic heterocycles. The lowest BCUT2D eigenvalue weighted by Gasteiger charge is -2.19. The molecule has 5 heteroatoms. The second-order valence-corrected chi connectivity index (χ2v) is 5.25. The Morgan fingerprint density at radius 1 is 1.39 bits per heavy atom. The van der Waals surface area contributed by atoms with Crippen molar-refractivity contribution in [1.82, 2.24) is 4.98 Å². The zero-order valence-electron chi connectivity index (χ0n) is 10.4. The SMILES string of the molecule is Cc1nc(CN(C)c2cc(F)cc(CO)c2)cs1. The van der Waals surface area contributed by atoms with Crippen LogP contribution in [0.15, 0.2) is 23.6 Å². The summed E-state index contributed by atoms with van der Waals surface area (Å²) in [4.78, 5) is 6.29. The summed E-state index contributed by atoms with van der Waals surface area (Å²) in [7, 11) is 1.88. The zero-order chi connectivity index (χ0) is 13.1. The summed E-state index contributed by atoms with van der Waals surface area (Å²) in [5.74, 6) is -0.335. The van der Waals surface area contributed by atoms with Crippen molar-refractivity contribution in [3.8, 4) is 0 Å². The number of hydrogen-bond donors (Lipinski definition) is 1. The number of anilines is 1. The van der Waals surface area contributed by atoms with E-state index in [0.29, 0.717) is 12.1 Å². The van der Waals surface area contributed by atoms with Gasteiger partial charge >= 0.3 is 0 Å². The number of halogens is 1. The maximum atomic E-state index is 13.4. The number of rotatable bonds is 4. The van der Waals surface area contributed by atoms with Gasteiger partial charge in [0.15, 0.2) is 0 Å². The average molecular weight is 266 g/mol. The number of benzene rings is 1. The molecule has 1 aromatic carbocycles. The largest absolute Gasteiger partial charge is 0.392 e. The lowest BCUT2D eigenvalue weighted by molar-refractivity contribution is 0.281. The van der Waals surface area contributed by atoms with Gasteiger partial charge in [-0.25, -0.2) is 9.37 Å². The molecule has 0 radical (unpaired) electrons. The van der Waals surface area contributed by atoms with Crippen molar-refractivity contribution in [2.24, 2.45) is 0 Å². The molecule has 0 saturated carbocycles. The smallest absolute Gasteiger partial charge is 0.125 e. The summed E-state index contributed by atoms with van der Waals surface area (Å²) >= 11 is 1.60. The van der Waals surface area contributed by atoms with Crippen LogP contribution in [0.3, 0.4) is 0 Å². The van der Waals surface area contributed by atoms with Gasteiger partial charge in [-0.3, -0.25) is 0 Å². The third-order valence-electron chi connectivity index (χ3n) is 2.63. The Bertz CT molecular complexity index is 542. The molecule has 18 heavy (non-hydrogen) atoms. The molecule has 2 aromatic rings. The molecule has 0 fully saturated rings. The van der Waals surface area contributed by atoms with Gasteiger partial charge in [0, 0.05) is 18.1 Å². The number of aromatic nitrogens is 1. The van der Waals surface area contributed by atoms with Crippen LogP contribution in [0.25, 0.3) is 0 Å². The Morgan fingerprint density at radius 2 is 2.17 bits per heavy atom. The van der Waals surface area contributed by atoms with E-state index in [4.69, 9.17) is 5.11 Å². The highest BCUT2D eigenvalue weighted by molar-refractivity contribution is 7.09. The van der Waals surface area contributed by atoms with E-state index in [-0.39, 0.29) is 12.4 Å². The van der Waals surface area contributed by atoms with E-state index in [1.165, 1.54) is 12.1 Å². The number of aryl methyl sites for hydroxylation is 1. The van der Waals surface area contributed by atoms with Crippen LogP contribution >= 0.6 is 11.3 Å². The standard InChI is InChI=1S/C13H15FN2OS/c1-9-15-12(8-18-9)6-16(2)13-4-10(7-17)3-11(14)5-13/h3-5,8,17H,6-7H2,1-2H3. The molecule has 0 amide bonds. The molecule has 0 atom stereocenters. The van der Waals surface area contributed by atoms with Crippen molar-refractivity contribution >= 4 is 17.0 Å². The van der Waals surface area contributed by atoms with Crippen LogP contribution in [0.2, 0.25) is 0 Å². The van der Waals surface area contributed by atoms with Crippen LogP contribution in [0, 0.1) is 12.7 Å². The second kappa shape index (κ2) is 5.46. The maximum Gasteiger partial charge on any atom is 0.125 e. The number of nitrogens with zero attached hydrogens (tertiary/aromatic N) is 2. The van der Waals surface area contributed by atoms with E-state index in [9.17, 15) is 4.39 Å². The molecule has 1 N–H and O–H groups in total. The number of hydrogen-bond acceptors (Lipinski definition) is 4. The van der Waals surface area contributed by atoms with Gasteiger partial charge in [-0.15, -0.1) is 11.3 Å². The highest BCUT2D eigenvalue weighted by Gasteiger charge is 2.07. The van der Waals surface area contributed by atoms with Gasteiger partial charge in [0.05, 0.1) is 23.9 Å². The van der Waals surface area contributed by atoms with E-state index < -0.39 is 0 Å². The van der Waals surface area contributed by atoms with Crippen LogP contribution in [0.1, 0.15) is 16.3 Å². The van der Waals surface area contributed by atoms with Crippen LogP contribution in [0.4, 0.5) is 10.1 Å². The molecule has 2 rings (SSSR count). The Morgan fingerprint density at radius 3 is 2.78 bits per heavy atom. The Labute approximate surface area is 110 Å². The molecule has 96 valence electrons. The van der Waals surface area contributed by atoms with Crippen molar-refractivity contribution in [2.45, 2.75) is 20.1 Å². The minimum atomic E-state index is -0.335. The van der Waals surface area contributed by atoms with Gasteiger partial charge in [-0.1, -0.05) is 0 Å². The zero-order valence-corrected chi connectivity index (χ0v) is 11.2. The van der Waals surface area contributed by atoms with Crippen LogP contribution in [-0.4, -0.2) is 17.1 Å². The van der Waals surface area contributed by atoms with E-state index in [0.717, 1.165) is 16.4 Å². The monoisotopic (exact) mass is 266 g/mol. The summed E-state index contributed by atoms with van der Waals surface area (Å²) in [6.45, 7) is 2.42. The molecule has 0 aliphatic carbocycles. The predicted octanol–water partition coefficient (Wildman–Crippen LogP) is 2.72. The van der Waals surface area contributed by atoms with Crippen molar-refractivity contribution < 1.29 is 9.50 Å². The Kier molecular flexibility index (Phi) is 3.93.